The van der Waals surface area contributed by atoms with Gasteiger partial charge in [0, 0.05) is 78.5 Å². The Kier molecular flexibility index (Phi) is 15.0. The number of aromatic nitrogens is 2. The van der Waals surface area contributed by atoms with E-state index in [1.54, 1.807) is 0 Å². The van der Waals surface area contributed by atoms with Gasteiger partial charge in [0.1, 0.15) is 17.5 Å². The molecule has 0 saturated heterocycles. The monoisotopic (exact) mass is 1280 g/mol. The van der Waals surface area contributed by atoms with E-state index in [0.717, 1.165) is 95.3 Å². The Morgan fingerprint density at radius 1 is 0.476 bits per heavy atom. The van der Waals surface area contributed by atoms with E-state index in [0.29, 0.717) is 28.3 Å². The predicted octanol–water partition coefficient (Wildman–Crippen LogP) is 21.1. The van der Waals surface area contributed by atoms with Gasteiger partial charge in [-0.25, -0.2) is 13.8 Å². The summed E-state index contributed by atoms with van der Waals surface area (Å²) in [5, 5.41) is 2.12. The average molecular weight is 1280 g/mol. The molecular formula is C76H61F2N4OPt-3. The van der Waals surface area contributed by atoms with Crippen molar-refractivity contribution in [1.29, 1.82) is 0 Å². The maximum absolute atomic E-state index is 15.5. The normalized spacial score (nSPS) is 12.4. The predicted molar refractivity (Wildman–Crippen MR) is 338 cm³/mol. The fraction of sp³-hybridized carbons (Fsp3) is 0.132. The third-order valence-corrected chi connectivity index (χ3v) is 15.9. The number of anilines is 4. The molecule has 1 aliphatic rings. The maximum atomic E-state index is 15.5. The quantitative estimate of drug-likeness (QED) is 0.114. The van der Waals surface area contributed by atoms with Crippen molar-refractivity contribution in [3.05, 3.63) is 272 Å². The van der Waals surface area contributed by atoms with Crippen LogP contribution in [0.5, 0.6) is 11.5 Å². The number of pyridine rings is 1. The van der Waals surface area contributed by atoms with Crippen LogP contribution in [0.3, 0.4) is 0 Å². The summed E-state index contributed by atoms with van der Waals surface area (Å²) in [6, 6.07) is 80.9. The number of fused-ring (bicyclic) bond motifs is 4. The summed E-state index contributed by atoms with van der Waals surface area (Å²) >= 11 is 0. The zero-order chi connectivity index (χ0) is 57.1. The van der Waals surface area contributed by atoms with Gasteiger partial charge in [-0.05, 0) is 139 Å². The van der Waals surface area contributed by atoms with Crippen molar-refractivity contribution >= 4 is 44.6 Å². The minimum Gasteiger partial charge on any atom is -0.509 e. The Morgan fingerprint density at radius 3 is 1.65 bits per heavy atom. The van der Waals surface area contributed by atoms with Crippen LogP contribution in [0, 0.1) is 30.4 Å². The number of ether oxygens (including phenoxy) is 1. The second kappa shape index (κ2) is 22.7. The zero-order valence-electron chi connectivity index (χ0n) is 47.9. The topological polar surface area (TPSA) is 33.5 Å². The first kappa shape index (κ1) is 55.6. The maximum Gasteiger partial charge on any atom is 0.135 e. The third-order valence-electron chi connectivity index (χ3n) is 15.9. The van der Waals surface area contributed by atoms with E-state index in [9.17, 15) is 0 Å². The Balaban J connectivity index is 0.00000694. The Labute approximate surface area is 505 Å². The molecule has 13 rings (SSSR count). The van der Waals surface area contributed by atoms with Gasteiger partial charge < -0.3 is 19.1 Å². The molecule has 0 amide bonds. The van der Waals surface area contributed by atoms with Gasteiger partial charge in [-0.15, -0.1) is 53.6 Å². The number of halogens is 2. The van der Waals surface area contributed by atoms with E-state index < -0.39 is 11.6 Å². The van der Waals surface area contributed by atoms with Crippen LogP contribution in [-0.4, -0.2) is 9.55 Å². The molecule has 1 aliphatic heterocycles. The number of nitrogens with zero attached hydrogens (tertiary/aromatic N) is 4. The van der Waals surface area contributed by atoms with Crippen LogP contribution in [0.15, 0.2) is 225 Å². The second-order valence-electron chi connectivity index (χ2n) is 23.2. The van der Waals surface area contributed by atoms with Gasteiger partial charge in [0.25, 0.3) is 0 Å². The average Bonchev–Trinajstić information content (AvgIpc) is 1.86. The van der Waals surface area contributed by atoms with E-state index in [1.165, 1.54) is 28.8 Å². The van der Waals surface area contributed by atoms with Crippen molar-refractivity contribution in [3.63, 3.8) is 0 Å². The molecule has 0 aliphatic carbocycles. The first-order chi connectivity index (χ1) is 40.2. The molecule has 0 bridgehead atoms. The first-order valence-electron chi connectivity index (χ1n) is 28.4. The zero-order valence-corrected chi connectivity index (χ0v) is 50.1. The molecular weight excluding hydrogens is 1220 g/mol. The fourth-order valence-corrected chi connectivity index (χ4v) is 11.5. The Morgan fingerprint density at radius 2 is 1.04 bits per heavy atom. The van der Waals surface area contributed by atoms with Crippen molar-refractivity contribution in [1.82, 2.24) is 9.55 Å². The molecule has 0 N–H and O–H groups in total. The summed E-state index contributed by atoms with van der Waals surface area (Å²) in [6.45, 7) is 17.6. The Bertz CT molecular complexity index is 4330. The Hall–Kier alpha value is -8.90. The molecule has 5 nitrogen and oxygen atoms in total. The van der Waals surface area contributed by atoms with Gasteiger partial charge in [-0.3, -0.25) is 0 Å². The van der Waals surface area contributed by atoms with E-state index >= 15 is 8.78 Å². The number of hydrogen-bond donors (Lipinski definition) is 0. The van der Waals surface area contributed by atoms with Gasteiger partial charge in [0.05, 0.1) is 0 Å². The largest absolute Gasteiger partial charge is 0.509 e. The van der Waals surface area contributed by atoms with Crippen molar-refractivity contribution < 1.29 is 34.6 Å². The molecule has 8 heteroatoms. The molecule has 84 heavy (non-hydrogen) atoms. The van der Waals surface area contributed by atoms with Crippen molar-refractivity contribution in [2.45, 2.75) is 65.7 Å². The third kappa shape index (κ3) is 10.7. The molecule has 418 valence electrons. The molecule has 10 aromatic carbocycles. The van der Waals surface area contributed by atoms with E-state index in [2.05, 4.69) is 239 Å². The van der Waals surface area contributed by atoms with Crippen molar-refractivity contribution in [2.75, 3.05) is 9.80 Å². The summed E-state index contributed by atoms with van der Waals surface area (Å²) in [5.74, 6) is 0.999. The van der Waals surface area contributed by atoms with Crippen molar-refractivity contribution in [2.24, 2.45) is 0 Å². The molecule has 0 spiro atoms. The number of rotatable bonds is 12. The summed E-state index contributed by atoms with van der Waals surface area (Å²) < 4.78 is 40.2. The van der Waals surface area contributed by atoms with Crippen LogP contribution in [0.25, 0.3) is 83.3 Å². The van der Waals surface area contributed by atoms with E-state index in [1.807, 2.05) is 48.7 Å². The molecule has 0 radical (unpaired) electrons. The standard InChI is InChI=1S/C76H61F2N4O.Pt/c1-48(2)52-33-53(49(3)4)35-58(34-52)66-24-18-25-67(59-39-61(77)44-62(78)40-59)75(66)81-47-80(71-27-16-17-28-72(71)81)63-41-57(56-37-54(50-19-10-8-11-20-50)36-55(38-56)51-21-12-9-13-22-51)42-65(45-63)83-64-29-30-69-68-23-14-15-26-70(68)82(73(69)46-64)74-43-60(31-32-79-74)76(5,6)7;/h8-44,47-49H,1-7H3;/q-3;. The summed E-state index contributed by atoms with van der Waals surface area (Å²) in [7, 11) is 0. The fourth-order valence-electron chi connectivity index (χ4n) is 11.5. The van der Waals surface area contributed by atoms with Crippen LogP contribution in [0.4, 0.5) is 31.5 Å². The molecule has 3 heterocycles. The molecule has 0 fully saturated rings. The molecule has 12 aromatic rings. The number of hydrogen-bond acceptors (Lipinski definition) is 4. The van der Waals surface area contributed by atoms with Gasteiger partial charge in [-0.2, -0.15) is 6.07 Å². The number of para-hydroxylation sites is 4. The minimum atomic E-state index is -0.650. The van der Waals surface area contributed by atoms with Crippen LogP contribution in [0.2, 0.25) is 0 Å². The van der Waals surface area contributed by atoms with Gasteiger partial charge >= 0.3 is 0 Å². The van der Waals surface area contributed by atoms with Gasteiger partial charge in [0.15, 0.2) is 0 Å². The van der Waals surface area contributed by atoms with Crippen LogP contribution < -0.4 is 14.5 Å². The SMILES string of the molecule is CC(C)c1cc(-c2cccc(-c3cc(F)cc(F)c3)c2N2[CH-]N(c3[c-]c(Oc4[c-]c5c(cc4)c4ccccc4n5-c4cc(C(C)(C)C)ccn4)cc(-c4cc(-c5ccccc5)cc(-c5ccccc5)c4)c3)c3ccccc32)cc(C(C)C)c1.[Pt]. The van der Waals surface area contributed by atoms with Crippen LogP contribution in [-0.2, 0) is 26.5 Å². The first-order valence-corrected chi connectivity index (χ1v) is 28.4. The van der Waals surface area contributed by atoms with E-state index in [-0.39, 0.29) is 38.3 Å². The summed E-state index contributed by atoms with van der Waals surface area (Å²) in [5.41, 5.74) is 17.8. The summed E-state index contributed by atoms with van der Waals surface area (Å²) in [6.07, 6.45) is 1.89. The smallest absolute Gasteiger partial charge is 0.135 e. The molecule has 0 atom stereocenters. The minimum absolute atomic E-state index is 0. The van der Waals surface area contributed by atoms with Gasteiger partial charge in [0.2, 0.25) is 0 Å². The van der Waals surface area contributed by atoms with E-state index in [4.69, 9.17) is 9.72 Å². The second-order valence-corrected chi connectivity index (χ2v) is 23.2. The van der Waals surface area contributed by atoms with Crippen LogP contribution >= 0.6 is 0 Å². The number of benzene rings is 10. The van der Waals surface area contributed by atoms with Crippen molar-refractivity contribution in [3.8, 4) is 73.0 Å². The molecule has 2 aromatic heterocycles. The van der Waals surface area contributed by atoms with Gasteiger partial charge in [-0.1, -0.05) is 181 Å². The summed E-state index contributed by atoms with van der Waals surface area (Å²) in [4.78, 5) is 9.24. The molecule has 0 unspecified atom stereocenters. The molecule has 0 saturated carbocycles. The van der Waals surface area contributed by atoms with Crippen LogP contribution in [0.1, 0.15) is 77.0 Å².